The zero-order valence-electron chi connectivity index (χ0n) is 11.4. The molecule has 3 rings (SSSR count). The van der Waals surface area contributed by atoms with Gasteiger partial charge in [-0.05, 0) is 12.0 Å². The van der Waals surface area contributed by atoms with Gasteiger partial charge in [0.1, 0.15) is 0 Å². The number of hydrogen-bond donors (Lipinski definition) is 1. The van der Waals surface area contributed by atoms with E-state index in [-0.39, 0.29) is 17.9 Å². The summed E-state index contributed by atoms with van der Waals surface area (Å²) >= 11 is 0. The molecule has 0 amide bonds. The molecule has 1 aromatic rings. The van der Waals surface area contributed by atoms with Gasteiger partial charge in [-0.25, -0.2) is 0 Å². The van der Waals surface area contributed by atoms with Crippen molar-refractivity contribution in [2.45, 2.75) is 31.5 Å². The summed E-state index contributed by atoms with van der Waals surface area (Å²) in [7, 11) is 0. The van der Waals surface area contributed by atoms with Crippen LogP contribution in [0.4, 0.5) is 0 Å². The predicted molar refractivity (Wildman–Crippen MR) is 75.3 cm³/mol. The van der Waals surface area contributed by atoms with Crippen molar-refractivity contribution in [1.29, 1.82) is 0 Å². The van der Waals surface area contributed by atoms with Gasteiger partial charge in [0, 0.05) is 31.1 Å². The number of rotatable bonds is 2. The van der Waals surface area contributed by atoms with Crippen LogP contribution in [0.5, 0.6) is 0 Å². The number of morpholine rings is 1. The fourth-order valence-electron chi connectivity index (χ4n) is 3.08. The van der Waals surface area contributed by atoms with Gasteiger partial charge < -0.3 is 9.84 Å². The number of aliphatic hydroxyl groups is 1. The number of Topliss-reactive ketones (excluding diaryl/α,β-unsaturated/α-hetero) is 1. The molecule has 1 heterocycles. The molecule has 2 fully saturated rings. The quantitative estimate of drug-likeness (QED) is 0.662. The van der Waals surface area contributed by atoms with Crippen LogP contribution >= 0.6 is 0 Å². The maximum absolute atomic E-state index is 11.8. The standard InChI is InChI=1S/C16H19NO3/c18-11-13-8-14-16(9-15(13)19)20-7-6-17(14)10-12-4-2-1-3-5-12/h1-5,11,14,16,18H,6-10H2/b13-11+/t14-,16-/m0/s1. The summed E-state index contributed by atoms with van der Waals surface area (Å²) < 4.78 is 5.74. The Kier molecular flexibility index (Phi) is 3.85. The van der Waals surface area contributed by atoms with E-state index in [1.165, 1.54) is 5.56 Å². The summed E-state index contributed by atoms with van der Waals surface area (Å²) in [6, 6.07) is 10.5. The van der Waals surface area contributed by atoms with Crippen LogP contribution in [0.2, 0.25) is 0 Å². The molecule has 20 heavy (non-hydrogen) atoms. The summed E-state index contributed by atoms with van der Waals surface area (Å²) in [4.78, 5) is 14.2. The van der Waals surface area contributed by atoms with Crippen LogP contribution in [0.25, 0.3) is 0 Å². The van der Waals surface area contributed by atoms with Gasteiger partial charge >= 0.3 is 0 Å². The molecule has 2 atom stereocenters. The number of benzene rings is 1. The van der Waals surface area contributed by atoms with Crippen LogP contribution < -0.4 is 0 Å². The lowest BCUT2D eigenvalue weighted by atomic mass is 9.85. The fourth-order valence-corrected chi connectivity index (χ4v) is 3.08. The second kappa shape index (κ2) is 5.77. The number of aliphatic hydroxyl groups excluding tert-OH is 1. The van der Waals surface area contributed by atoms with Crippen molar-refractivity contribution in [3.8, 4) is 0 Å². The van der Waals surface area contributed by atoms with Gasteiger partial charge in [-0.3, -0.25) is 9.69 Å². The van der Waals surface area contributed by atoms with Gasteiger partial charge in [0.05, 0.1) is 19.0 Å². The van der Waals surface area contributed by atoms with E-state index in [9.17, 15) is 9.90 Å². The molecule has 0 unspecified atom stereocenters. The molecule has 0 spiro atoms. The first-order valence-corrected chi connectivity index (χ1v) is 7.04. The van der Waals surface area contributed by atoms with E-state index in [1.54, 1.807) is 0 Å². The van der Waals surface area contributed by atoms with Crippen LogP contribution in [0.3, 0.4) is 0 Å². The monoisotopic (exact) mass is 273 g/mol. The number of ether oxygens (including phenoxy) is 1. The molecular weight excluding hydrogens is 254 g/mol. The summed E-state index contributed by atoms with van der Waals surface area (Å²) in [5.41, 5.74) is 1.79. The highest BCUT2D eigenvalue weighted by molar-refractivity contribution is 5.96. The predicted octanol–water partition coefficient (Wildman–Crippen LogP) is 2.06. The van der Waals surface area contributed by atoms with Crippen molar-refractivity contribution in [1.82, 2.24) is 4.90 Å². The van der Waals surface area contributed by atoms with Gasteiger partial charge in [-0.15, -0.1) is 0 Å². The number of fused-ring (bicyclic) bond motifs is 1. The minimum absolute atomic E-state index is 0.00955. The molecular formula is C16H19NO3. The van der Waals surface area contributed by atoms with Crippen LogP contribution in [-0.2, 0) is 16.1 Å². The van der Waals surface area contributed by atoms with Crippen molar-refractivity contribution in [2.24, 2.45) is 0 Å². The highest BCUT2D eigenvalue weighted by Crippen LogP contribution is 2.30. The van der Waals surface area contributed by atoms with E-state index in [1.807, 2.05) is 18.2 Å². The Morgan fingerprint density at radius 1 is 1.30 bits per heavy atom. The highest BCUT2D eigenvalue weighted by atomic mass is 16.5. The van der Waals surface area contributed by atoms with Crippen molar-refractivity contribution in [3.05, 3.63) is 47.7 Å². The summed E-state index contributed by atoms with van der Waals surface area (Å²) in [6.07, 6.45) is 1.88. The van der Waals surface area contributed by atoms with Crippen molar-refractivity contribution < 1.29 is 14.6 Å². The summed E-state index contributed by atoms with van der Waals surface area (Å²) in [5.74, 6) is 0.00955. The van der Waals surface area contributed by atoms with Gasteiger partial charge in [-0.1, -0.05) is 30.3 Å². The fraction of sp³-hybridized carbons (Fsp3) is 0.438. The summed E-state index contributed by atoms with van der Waals surface area (Å²) in [6.45, 7) is 2.39. The summed E-state index contributed by atoms with van der Waals surface area (Å²) in [5, 5.41) is 9.19. The average Bonchev–Trinajstić information content (AvgIpc) is 2.48. The van der Waals surface area contributed by atoms with E-state index in [0.29, 0.717) is 25.0 Å². The van der Waals surface area contributed by atoms with Crippen LogP contribution in [0.15, 0.2) is 42.2 Å². The Labute approximate surface area is 118 Å². The number of ketones is 1. The zero-order chi connectivity index (χ0) is 13.9. The van der Waals surface area contributed by atoms with E-state index < -0.39 is 0 Å². The normalized spacial score (nSPS) is 29.4. The van der Waals surface area contributed by atoms with Crippen molar-refractivity contribution in [3.63, 3.8) is 0 Å². The molecule has 1 saturated heterocycles. The molecule has 1 saturated carbocycles. The molecule has 0 radical (unpaired) electrons. The van der Waals surface area contributed by atoms with Crippen LogP contribution in [0, 0.1) is 0 Å². The van der Waals surface area contributed by atoms with Gasteiger partial charge in [-0.2, -0.15) is 0 Å². The minimum atomic E-state index is -0.0383. The number of carbonyl (C=O) groups is 1. The van der Waals surface area contributed by atoms with E-state index >= 15 is 0 Å². The van der Waals surface area contributed by atoms with Gasteiger partial charge in [0.2, 0.25) is 0 Å². The Morgan fingerprint density at radius 3 is 2.85 bits per heavy atom. The van der Waals surface area contributed by atoms with Gasteiger partial charge in [0.25, 0.3) is 0 Å². The van der Waals surface area contributed by atoms with Crippen LogP contribution in [0.1, 0.15) is 18.4 Å². The largest absolute Gasteiger partial charge is 0.515 e. The Bertz CT molecular complexity index is 512. The first-order valence-electron chi connectivity index (χ1n) is 7.04. The first-order chi connectivity index (χ1) is 9.78. The lowest BCUT2D eigenvalue weighted by Gasteiger charge is -2.43. The van der Waals surface area contributed by atoms with E-state index in [4.69, 9.17) is 4.74 Å². The third-order valence-electron chi connectivity index (χ3n) is 4.17. The maximum Gasteiger partial charge on any atom is 0.164 e. The van der Waals surface area contributed by atoms with Crippen molar-refractivity contribution in [2.75, 3.05) is 13.2 Å². The molecule has 4 heteroatoms. The Balaban J connectivity index is 1.76. The molecule has 1 aliphatic carbocycles. The average molecular weight is 273 g/mol. The third-order valence-corrected chi connectivity index (χ3v) is 4.17. The molecule has 1 aliphatic heterocycles. The first kappa shape index (κ1) is 13.3. The molecule has 0 bridgehead atoms. The molecule has 1 aromatic carbocycles. The van der Waals surface area contributed by atoms with E-state index in [2.05, 4.69) is 17.0 Å². The molecule has 0 aromatic heterocycles. The SMILES string of the molecule is O=C1C[C@@H]2OCCN(Cc3ccccc3)[C@H]2C/C1=C\O. The highest BCUT2D eigenvalue weighted by Gasteiger charge is 2.39. The van der Waals surface area contributed by atoms with Crippen molar-refractivity contribution >= 4 is 5.78 Å². The Hall–Kier alpha value is -1.65. The lowest BCUT2D eigenvalue weighted by Crippen LogP contribution is -2.54. The smallest absolute Gasteiger partial charge is 0.164 e. The third kappa shape index (κ3) is 2.62. The Morgan fingerprint density at radius 2 is 2.10 bits per heavy atom. The number of carbonyl (C=O) groups excluding carboxylic acids is 1. The molecule has 106 valence electrons. The topological polar surface area (TPSA) is 49.8 Å². The molecule has 2 aliphatic rings. The zero-order valence-corrected chi connectivity index (χ0v) is 11.4. The van der Waals surface area contributed by atoms with Crippen LogP contribution in [-0.4, -0.2) is 41.1 Å². The molecule has 1 N–H and O–H groups in total. The lowest BCUT2D eigenvalue weighted by molar-refractivity contribution is -0.130. The van der Waals surface area contributed by atoms with Gasteiger partial charge in [0.15, 0.2) is 5.78 Å². The second-order valence-corrected chi connectivity index (χ2v) is 5.42. The maximum atomic E-state index is 11.8. The second-order valence-electron chi connectivity index (χ2n) is 5.42. The molecule has 4 nitrogen and oxygen atoms in total. The minimum Gasteiger partial charge on any atom is -0.515 e. The number of nitrogens with zero attached hydrogens (tertiary/aromatic N) is 1. The number of hydrogen-bond acceptors (Lipinski definition) is 4. The van der Waals surface area contributed by atoms with E-state index in [0.717, 1.165) is 19.4 Å².